The van der Waals surface area contributed by atoms with Gasteiger partial charge in [0.1, 0.15) is 0 Å². The third kappa shape index (κ3) is 2.65. The molecule has 2 heterocycles. The van der Waals surface area contributed by atoms with Crippen LogP contribution in [0, 0.1) is 12.8 Å². The average molecular weight is 208 g/mol. The number of hydrogen-bond donors (Lipinski definition) is 1. The summed E-state index contributed by atoms with van der Waals surface area (Å²) in [7, 11) is 0. The van der Waals surface area contributed by atoms with Gasteiger partial charge in [-0.25, -0.2) is 4.98 Å². The lowest BCUT2D eigenvalue weighted by atomic mass is 9.92. The number of ketones is 1. The molecule has 0 amide bonds. The van der Waals surface area contributed by atoms with Gasteiger partial charge in [0, 0.05) is 13.3 Å². The number of aromatic nitrogens is 1. The number of rotatable bonds is 3. The molecule has 0 radical (unpaired) electrons. The minimum atomic E-state index is 0.0856. The SMILES string of the molecule is Cc1ncc(C(=O)CC2CCNCC2)o1. The van der Waals surface area contributed by atoms with Crippen LogP contribution in [0.25, 0.3) is 0 Å². The molecule has 1 aliphatic heterocycles. The van der Waals surface area contributed by atoms with E-state index in [-0.39, 0.29) is 5.78 Å². The molecule has 0 saturated carbocycles. The molecule has 1 aliphatic rings. The van der Waals surface area contributed by atoms with Gasteiger partial charge in [-0.05, 0) is 31.8 Å². The molecule has 82 valence electrons. The fraction of sp³-hybridized carbons (Fsp3) is 0.636. The van der Waals surface area contributed by atoms with Crippen LogP contribution in [0.3, 0.4) is 0 Å². The summed E-state index contributed by atoms with van der Waals surface area (Å²) in [6.07, 6.45) is 4.28. The van der Waals surface area contributed by atoms with E-state index in [1.165, 1.54) is 6.20 Å². The van der Waals surface area contributed by atoms with E-state index in [9.17, 15) is 4.79 Å². The topological polar surface area (TPSA) is 55.1 Å². The first-order valence-corrected chi connectivity index (χ1v) is 5.42. The molecule has 0 aliphatic carbocycles. The van der Waals surface area contributed by atoms with Crippen LogP contribution < -0.4 is 5.32 Å². The summed E-state index contributed by atoms with van der Waals surface area (Å²) < 4.78 is 5.21. The standard InChI is InChI=1S/C11H16N2O2/c1-8-13-7-11(15-8)10(14)6-9-2-4-12-5-3-9/h7,9,12H,2-6H2,1H3. The Labute approximate surface area is 89.1 Å². The van der Waals surface area contributed by atoms with E-state index >= 15 is 0 Å². The summed E-state index contributed by atoms with van der Waals surface area (Å²) in [5.41, 5.74) is 0. The molecule has 0 atom stereocenters. The van der Waals surface area contributed by atoms with Crippen molar-refractivity contribution in [3.05, 3.63) is 17.8 Å². The number of Topliss-reactive ketones (excluding diaryl/α,β-unsaturated/α-hetero) is 1. The molecule has 1 aromatic heterocycles. The van der Waals surface area contributed by atoms with E-state index in [1.54, 1.807) is 6.92 Å². The Morgan fingerprint density at radius 1 is 1.60 bits per heavy atom. The number of nitrogens with zero attached hydrogens (tertiary/aromatic N) is 1. The average Bonchev–Trinajstić information content (AvgIpc) is 2.66. The Balaban J connectivity index is 1.91. The molecule has 0 aromatic carbocycles. The van der Waals surface area contributed by atoms with Gasteiger partial charge < -0.3 is 9.73 Å². The van der Waals surface area contributed by atoms with Gasteiger partial charge in [0.05, 0.1) is 6.20 Å². The molecular formula is C11H16N2O2. The lowest BCUT2D eigenvalue weighted by Gasteiger charge is -2.21. The maximum Gasteiger partial charge on any atom is 0.199 e. The predicted molar refractivity (Wildman–Crippen MR) is 55.8 cm³/mol. The summed E-state index contributed by atoms with van der Waals surface area (Å²) in [4.78, 5) is 15.7. The van der Waals surface area contributed by atoms with Crippen molar-refractivity contribution < 1.29 is 9.21 Å². The molecule has 1 aromatic rings. The fourth-order valence-corrected chi connectivity index (χ4v) is 1.94. The zero-order valence-corrected chi connectivity index (χ0v) is 8.95. The van der Waals surface area contributed by atoms with Crippen LogP contribution in [-0.4, -0.2) is 23.9 Å². The third-order valence-electron chi connectivity index (χ3n) is 2.83. The summed E-state index contributed by atoms with van der Waals surface area (Å²) in [5, 5.41) is 3.28. The summed E-state index contributed by atoms with van der Waals surface area (Å²) >= 11 is 0. The molecule has 1 fully saturated rings. The second kappa shape index (κ2) is 4.57. The molecule has 2 rings (SSSR count). The van der Waals surface area contributed by atoms with Crippen molar-refractivity contribution in [2.24, 2.45) is 5.92 Å². The van der Waals surface area contributed by atoms with E-state index in [4.69, 9.17) is 4.42 Å². The second-order valence-electron chi connectivity index (χ2n) is 4.06. The van der Waals surface area contributed by atoms with Crippen molar-refractivity contribution in [3.63, 3.8) is 0 Å². The Morgan fingerprint density at radius 2 is 2.33 bits per heavy atom. The highest BCUT2D eigenvalue weighted by molar-refractivity contribution is 5.93. The largest absolute Gasteiger partial charge is 0.438 e. The summed E-state index contributed by atoms with van der Waals surface area (Å²) in [5.74, 6) is 1.56. The van der Waals surface area contributed by atoms with Crippen LogP contribution in [0.4, 0.5) is 0 Å². The van der Waals surface area contributed by atoms with Gasteiger partial charge in [0.25, 0.3) is 0 Å². The Hall–Kier alpha value is -1.16. The van der Waals surface area contributed by atoms with Gasteiger partial charge in [-0.2, -0.15) is 0 Å². The highest BCUT2D eigenvalue weighted by atomic mass is 16.4. The first kappa shape index (κ1) is 10.4. The van der Waals surface area contributed by atoms with Crippen molar-refractivity contribution in [2.75, 3.05) is 13.1 Å². The molecule has 1 saturated heterocycles. The minimum absolute atomic E-state index is 0.0856. The van der Waals surface area contributed by atoms with Crippen LogP contribution in [0.15, 0.2) is 10.6 Å². The molecule has 4 heteroatoms. The van der Waals surface area contributed by atoms with Crippen molar-refractivity contribution in [3.8, 4) is 0 Å². The van der Waals surface area contributed by atoms with Crippen molar-refractivity contribution >= 4 is 5.78 Å². The molecule has 4 nitrogen and oxygen atoms in total. The van der Waals surface area contributed by atoms with Gasteiger partial charge >= 0.3 is 0 Å². The second-order valence-corrected chi connectivity index (χ2v) is 4.06. The molecule has 0 spiro atoms. The van der Waals surface area contributed by atoms with E-state index in [0.29, 0.717) is 24.0 Å². The zero-order chi connectivity index (χ0) is 10.7. The third-order valence-corrected chi connectivity index (χ3v) is 2.83. The highest BCUT2D eigenvalue weighted by Gasteiger charge is 2.19. The van der Waals surface area contributed by atoms with E-state index in [1.807, 2.05) is 0 Å². The lowest BCUT2D eigenvalue weighted by Crippen LogP contribution is -2.28. The highest BCUT2D eigenvalue weighted by Crippen LogP contribution is 2.19. The van der Waals surface area contributed by atoms with Crippen LogP contribution in [0.2, 0.25) is 0 Å². The van der Waals surface area contributed by atoms with Crippen LogP contribution >= 0.6 is 0 Å². The summed E-state index contributed by atoms with van der Waals surface area (Å²) in [6.45, 7) is 3.79. The predicted octanol–water partition coefficient (Wildman–Crippen LogP) is 1.56. The first-order valence-electron chi connectivity index (χ1n) is 5.42. The molecule has 0 unspecified atom stereocenters. The van der Waals surface area contributed by atoms with Gasteiger partial charge in [0.2, 0.25) is 0 Å². The van der Waals surface area contributed by atoms with E-state index < -0.39 is 0 Å². The van der Waals surface area contributed by atoms with Crippen LogP contribution in [0.5, 0.6) is 0 Å². The van der Waals surface area contributed by atoms with Crippen LogP contribution in [-0.2, 0) is 0 Å². The smallest absolute Gasteiger partial charge is 0.199 e. The van der Waals surface area contributed by atoms with E-state index in [0.717, 1.165) is 25.9 Å². The number of piperidine rings is 1. The lowest BCUT2D eigenvalue weighted by molar-refractivity contribution is 0.0924. The number of hydrogen-bond acceptors (Lipinski definition) is 4. The number of carbonyl (C=O) groups is 1. The monoisotopic (exact) mass is 208 g/mol. The number of aryl methyl sites for hydroxylation is 1. The fourth-order valence-electron chi connectivity index (χ4n) is 1.94. The molecule has 15 heavy (non-hydrogen) atoms. The Bertz CT molecular complexity index is 340. The van der Waals surface area contributed by atoms with Crippen LogP contribution in [0.1, 0.15) is 35.7 Å². The van der Waals surface area contributed by atoms with Gasteiger partial charge in [0.15, 0.2) is 17.4 Å². The maximum absolute atomic E-state index is 11.8. The number of nitrogens with one attached hydrogen (secondary N) is 1. The quantitative estimate of drug-likeness (QED) is 0.766. The Kier molecular flexibility index (Phi) is 3.16. The Morgan fingerprint density at radius 3 is 2.93 bits per heavy atom. The van der Waals surface area contributed by atoms with Crippen molar-refractivity contribution in [1.29, 1.82) is 0 Å². The van der Waals surface area contributed by atoms with Gasteiger partial charge in [-0.1, -0.05) is 0 Å². The normalized spacial score (nSPS) is 17.9. The number of oxazole rings is 1. The minimum Gasteiger partial charge on any atom is -0.438 e. The number of carbonyl (C=O) groups excluding carboxylic acids is 1. The maximum atomic E-state index is 11.8. The van der Waals surface area contributed by atoms with Gasteiger partial charge in [-0.15, -0.1) is 0 Å². The molecular weight excluding hydrogens is 192 g/mol. The molecule has 1 N–H and O–H groups in total. The van der Waals surface area contributed by atoms with Gasteiger partial charge in [-0.3, -0.25) is 4.79 Å². The van der Waals surface area contributed by atoms with Crippen molar-refractivity contribution in [1.82, 2.24) is 10.3 Å². The first-order chi connectivity index (χ1) is 7.25. The van der Waals surface area contributed by atoms with Crippen molar-refractivity contribution in [2.45, 2.75) is 26.2 Å². The molecule has 0 bridgehead atoms. The zero-order valence-electron chi connectivity index (χ0n) is 8.95. The summed E-state index contributed by atoms with van der Waals surface area (Å²) in [6, 6.07) is 0. The van der Waals surface area contributed by atoms with E-state index in [2.05, 4.69) is 10.3 Å².